The van der Waals surface area contributed by atoms with Crippen molar-refractivity contribution in [2.75, 3.05) is 25.9 Å². The van der Waals surface area contributed by atoms with Crippen LogP contribution in [0.3, 0.4) is 0 Å². The molecule has 102 valence electrons. The topological polar surface area (TPSA) is 113 Å². The van der Waals surface area contributed by atoms with Crippen LogP contribution in [-0.2, 0) is 9.59 Å². The number of benzene rings is 1. The summed E-state index contributed by atoms with van der Waals surface area (Å²) in [7, 11) is 1.47. The van der Waals surface area contributed by atoms with Crippen molar-refractivity contribution >= 4 is 23.4 Å². The van der Waals surface area contributed by atoms with Gasteiger partial charge in [-0.25, -0.2) is 0 Å². The average molecular weight is 264 g/mol. The highest BCUT2D eigenvalue weighted by atomic mass is 16.2. The van der Waals surface area contributed by atoms with Crippen LogP contribution in [0, 0.1) is 0 Å². The van der Waals surface area contributed by atoms with Crippen LogP contribution in [0.4, 0.5) is 5.69 Å². The van der Waals surface area contributed by atoms with E-state index in [9.17, 15) is 14.4 Å². The van der Waals surface area contributed by atoms with Crippen molar-refractivity contribution in [1.29, 1.82) is 0 Å². The van der Waals surface area contributed by atoms with E-state index in [4.69, 9.17) is 5.73 Å². The Hall–Kier alpha value is -2.57. The van der Waals surface area contributed by atoms with Crippen molar-refractivity contribution in [1.82, 2.24) is 16.0 Å². The summed E-state index contributed by atoms with van der Waals surface area (Å²) < 4.78 is 0. The lowest BCUT2D eigenvalue weighted by Crippen LogP contribution is -2.41. The number of amides is 3. The lowest BCUT2D eigenvalue weighted by atomic mass is 10.2. The maximum atomic E-state index is 11.6. The van der Waals surface area contributed by atoms with Crippen molar-refractivity contribution in [2.24, 2.45) is 0 Å². The Bertz CT molecular complexity index is 470. The Balaban J connectivity index is 2.36. The number of hydrogen-bond donors (Lipinski definition) is 4. The van der Waals surface area contributed by atoms with Crippen LogP contribution in [0.1, 0.15) is 10.4 Å². The van der Waals surface area contributed by atoms with E-state index in [1.54, 1.807) is 24.3 Å². The second-order valence-electron chi connectivity index (χ2n) is 3.75. The van der Waals surface area contributed by atoms with Gasteiger partial charge in [0.15, 0.2) is 0 Å². The number of anilines is 1. The van der Waals surface area contributed by atoms with Gasteiger partial charge in [-0.3, -0.25) is 14.4 Å². The summed E-state index contributed by atoms with van der Waals surface area (Å²) in [5.41, 5.74) is 6.46. The Morgan fingerprint density at radius 3 is 2.16 bits per heavy atom. The number of nitrogen functional groups attached to an aromatic ring is 1. The first-order valence-electron chi connectivity index (χ1n) is 5.64. The molecule has 7 nitrogen and oxygen atoms in total. The Morgan fingerprint density at radius 1 is 1.00 bits per heavy atom. The molecule has 0 aliphatic heterocycles. The fraction of sp³-hybridized carbons (Fsp3) is 0.250. The van der Waals surface area contributed by atoms with E-state index in [0.717, 1.165) is 0 Å². The quantitative estimate of drug-likeness (QED) is 0.503. The molecule has 3 amide bonds. The van der Waals surface area contributed by atoms with Crippen LogP contribution >= 0.6 is 0 Å². The summed E-state index contributed by atoms with van der Waals surface area (Å²) in [6.45, 7) is -0.312. The van der Waals surface area contributed by atoms with E-state index in [-0.39, 0.29) is 24.9 Å². The highest BCUT2D eigenvalue weighted by Crippen LogP contribution is 2.04. The fourth-order valence-electron chi connectivity index (χ4n) is 1.23. The Morgan fingerprint density at radius 2 is 1.58 bits per heavy atom. The fourth-order valence-corrected chi connectivity index (χ4v) is 1.23. The summed E-state index contributed by atoms with van der Waals surface area (Å²) in [5, 5.41) is 7.16. The van der Waals surface area contributed by atoms with Gasteiger partial charge >= 0.3 is 0 Å². The monoisotopic (exact) mass is 264 g/mol. The molecule has 0 aliphatic carbocycles. The van der Waals surface area contributed by atoms with Gasteiger partial charge in [0, 0.05) is 18.3 Å². The van der Waals surface area contributed by atoms with Crippen molar-refractivity contribution in [3.63, 3.8) is 0 Å². The van der Waals surface area contributed by atoms with Crippen LogP contribution in [0.15, 0.2) is 24.3 Å². The van der Waals surface area contributed by atoms with Crippen molar-refractivity contribution in [3.8, 4) is 0 Å². The molecule has 19 heavy (non-hydrogen) atoms. The number of carbonyl (C=O) groups is 3. The number of rotatable bonds is 5. The van der Waals surface area contributed by atoms with Crippen LogP contribution in [0.25, 0.3) is 0 Å². The molecule has 0 atom stereocenters. The third-order valence-corrected chi connectivity index (χ3v) is 2.31. The van der Waals surface area contributed by atoms with Crippen LogP contribution in [0.2, 0.25) is 0 Å². The maximum absolute atomic E-state index is 11.6. The minimum Gasteiger partial charge on any atom is -0.399 e. The zero-order valence-electron chi connectivity index (χ0n) is 10.5. The molecule has 0 radical (unpaired) electrons. The van der Waals surface area contributed by atoms with E-state index in [0.29, 0.717) is 11.3 Å². The number of nitrogens with one attached hydrogen (secondary N) is 3. The molecule has 1 rings (SSSR count). The first-order chi connectivity index (χ1) is 9.02. The van der Waals surface area contributed by atoms with E-state index in [1.165, 1.54) is 7.05 Å². The van der Waals surface area contributed by atoms with Gasteiger partial charge in [-0.15, -0.1) is 0 Å². The van der Waals surface area contributed by atoms with Crippen molar-refractivity contribution in [3.05, 3.63) is 29.8 Å². The highest BCUT2D eigenvalue weighted by Gasteiger charge is 2.08. The summed E-state index contributed by atoms with van der Waals surface area (Å²) >= 11 is 0. The lowest BCUT2D eigenvalue weighted by molar-refractivity contribution is -0.125. The molecular formula is C12H16N4O3. The normalized spacial score (nSPS) is 9.53. The number of likely N-dealkylation sites (N-methyl/N-ethyl adjacent to an activating group) is 1. The first-order valence-corrected chi connectivity index (χ1v) is 5.64. The van der Waals surface area contributed by atoms with Crippen LogP contribution < -0.4 is 21.7 Å². The molecule has 1 aromatic carbocycles. The number of hydrogen-bond acceptors (Lipinski definition) is 4. The molecule has 1 aromatic rings. The van der Waals surface area contributed by atoms with Gasteiger partial charge in [0.1, 0.15) is 0 Å². The minimum absolute atomic E-state index is 0.118. The molecule has 7 heteroatoms. The molecule has 0 saturated heterocycles. The largest absolute Gasteiger partial charge is 0.399 e. The van der Waals surface area contributed by atoms with Crippen molar-refractivity contribution in [2.45, 2.75) is 0 Å². The van der Waals surface area contributed by atoms with Gasteiger partial charge in [-0.2, -0.15) is 0 Å². The zero-order valence-corrected chi connectivity index (χ0v) is 10.5. The van der Waals surface area contributed by atoms with Gasteiger partial charge in [0.2, 0.25) is 11.8 Å². The highest BCUT2D eigenvalue weighted by molar-refractivity contribution is 5.97. The smallest absolute Gasteiger partial charge is 0.251 e. The Labute approximate surface area is 110 Å². The molecule has 0 bridgehead atoms. The predicted octanol–water partition coefficient (Wildman–Crippen LogP) is -1.14. The molecular weight excluding hydrogens is 248 g/mol. The number of nitrogens with two attached hydrogens (primary N) is 1. The van der Waals surface area contributed by atoms with Gasteiger partial charge in [0.25, 0.3) is 5.91 Å². The Kier molecular flexibility index (Phi) is 5.34. The molecule has 0 fully saturated rings. The molecule has 0 aliphatic rings. The van der Waals surface area contributed by atoms with Gasteiger partial charge in [-0.05, 0) is 24.3 Å². The summed E-state index contributed by atoms with van der Waals surface area (Å²) in [6.07, 6.45) is 0. The molecule has 0 heterocycles. The van der Waals surface area contributed by atoms with Gasteiger partial charge < -0.3 is 21.7 Å². The zero-order chi connectivity index (χ0) is 14.3. The third-order valence-electron chi connectivity index (χ3n) is 2.31. The SMILES string of the molecule is CNC(=O)CNC(=O)CNC(=O)c1ccc(N)cc1. The van der Waals surface area contributed by atoms with E-state index in [2.05, 4.69) is 16.0 Å². The van der Waals surface area contributed by atoms with Gasteiger partial charge in [0.05, 0.1) is 13.1 Å². The minimum atomic E-state index is -0.438. The summed E-state index contributed by atoms with van der Waals surface area (Å²) in [6, 6.07) is 6.32. The molecule has 0 spiro atoms. The van der Waals surface area contributed by atoms with Gasteiger partial charge in [-0.1, -0.05) is 0 Å². The van der Waals surface area contributed by atoms with Crippen molar-refractivity contribution < 1.29 is 14.4 Å². The third kappa shape index (κ3) is 5.07. The van der Waals surface area contributed by atoms with E-state index in [1.807, 2.05) is 0 Å². The average Bonchev–Trinajstić information content (AvgIpc) is 2.42. The molecule has 0 unspecified atom stereocenters. The van der Waals surface area contributed by atoms with E-state index >= 15 is 0 Å². The summed E-state index contributed by atoms with van der Waals surface area (Å²) in [5.74, 6) is -1.12. The summed E-state index contributed by atoms with van der Waals surface area (Å²) in [4.78, 5) is 33.9. The lowest BCUT2D eigenvalue weighted by Gasteiger charge is -2.06. The molecule has 0 aromatic heterocycles. The predicted molar refractivity (Wildman–Crippen MR) is 70.3 cm³/mol. The maximum Gasteiger partial charge on any atom is 0.251 e. The van der Waals surface area contributed by atoms with Crippen LogP contribution in [-0.4, -0.2) is 37.9 Å². The second-order valence-corrected chi connectivity index (χ2v) is 3.75. The second kappa shape index (κ2) is 7.00. The number of carbonyl (C=O) groups excluding carboxylic acids is 3. The van der Waals surface area contributed by atoms with E-state index < -0.39 is 5.91 Å². The molecule has 0 saturated carbocycles. The van der Waals surface area contributed by atoms with Crippen LogP contribution in [0.5, 0.6) is 0 Å². The first kappa shape index (κ1) is 14.5. The molecule has 5 N–H and O–H groups in total. The standard InChI is InChI=1S/C12H16N4O3/c1-14-10(17)6-15-11(18)7-16-12(19)8-2-4-9(13)5-3-8/h2-5H,6-7,13H2,1H3,(H,14,17)(H,15,18)(H,16,19).